The van der Waals surface area contributed by atoms with Crippen LogP contribution in [-0.4, -0.2) is 96.3 Å². The number of aliphatic hydroxyl groups is 1. The highest BCUT2D eigenvalue weighted by atomic mass is 16.4. The molecule has 10 N–H and O–H groups in total. The molecule has 1 aromatic heterocycles. The van der Waals surface area contributed by atoms with Crippen LogP contribution in [0.3, 0.4) is 0 Å². The van der Waals surface area contributed by atoms with E-state index in [-0.39, 0.29) is 12.8 Å². The van der Waals surface area contributed by atoms with Gasteiger partial charge >= 0.3 is 17.9 Å². The van der Waals surface area contributed by atoms with Gasteiger partial charge in [-0.05, 0) is 13.3 Å². The van der Waals surface area contributed by atoms with Gasteiger partial charge in [-0.15, -0.1) is 0 Å². The number of hydrogen-bond acceptors (Lipinski definition) is 9. The Balaban J connectivity index is 3.01. The molecule has 0 fully saturated rings. The van der Waals surface area contributed by atoms with Crippen LogP contribution in [0.5, 0.6) is 0 Å². The zero-order chi connectivity index (χ0) is 26.7. The maximum Gasteiger partial charge on any atom is 0.326 e. The molecule has 0 saturated heterocycles. The van der Waals surface area contributed by atoms with Crippen LogP contribution in [0.1, 0.15) is 31.9 Å². The fraction of sp³-hybridized carbons (Fsp3) is 0.526. The number of aromatic amines is 1. The van der Waals surface area contributed by atoms with Crippen LogP contribution in [0, 0.1) is 0 Å². The molecule has 16 nitrogen and oxygen atoms in total. The van der Waals surface area contributed by atoms with E-state index in [4.69, 9.17) is 21.1 Å². The highest BCUT2D eigenvalue weighted by molar-refractivity contribution is 5.95. The van der Waals surface area contributed by atoms with Gasteiger partial charge in [0.2, 0.25) is 17.7 Å². The summed E-state index contributed by atoms with van der Waals surface area (Å²) in [6, 6.07) is -6.15. The molecule has 0 aliphatic carbocycles. The fourth-order valence-corrected chi connectivity index (χ4v) is 2.81. The number of H-pyrrole nitrogens is 1. The van der Waals surface area contributed by atoms with E-state index < -0.39 is 78.7 Å². The Morgan fingerprint density at radius 2 is 1.60 bits per heavy atom. The van der Waals surface area contributed by atoms with Crippen LogP contribution < -0.4 is 21.7 Å². The number of nitrogens with two attached hydrogens (primary N) is 1. The molecule has 194 valence electrons. The highest BCUT2D eigenvalue weighted by Crippen LogP contribution is 2.04. The first-order valence-corrected chi connectivity index (χ1v) is 10.3. The van der Waals surface area contributed by atoms with Gasteiger partial charge in [0.1, 0.15) is 18.1 Å². The van der Waals surface area contributed by atoms with Gasteiger partial charge in [0.15, 0.2) is 0 Å². The number of rotatable bonds is 15. The third-order valence-corrected chi connectivity index (χ3v) is 4.67. The monoisotopic (exact) mass is 500 g/mol. The number of carbonyl (C=O) groups is 6. The number of aliphatic hydroxyl groups excluding tert-OH is 1. The molecule has 35 heavy (non-hydrogen) atoms. The number of nitrogens with zero attached hydrogens (tertiary/aromatic N) is 1. The van der Waals surface area contributed by atoms with E-state index in [1.807, 2.05) is 5.32 Å². The molecule has 16 heteroatoms. The topological polar surface area (TPSA) is 274 Å². The Morgan fingerprint density at radius 1 is 0.971 bits per heavy atom. The number of carbonyl (C=O) groups excluding carboxylic acids is 3. The summed E-state index contributed by atoms with van der Waals surface area (Å²) >= 11 is 0. The van der Waals surface area contributed by atoms with Crippen LogP contribution in [0.4, 0.5) is 0 Å². The molecular weight excluding hydrogens is 472 g/mol. The van der Waals surface area contributed by atoms with E-state index in [0.717, 1.165) is 6.92 Å². The third-order valence-electron chi connectivity index (χ3n) is 4.67. The third kappa shape index (κ3) is 10.2. The summed E-state index contributed by atoms with van der Waals surface area (Å²) in [5.41, 5.74) is 6.07. The number of aliphatic carboxylic acids is 3. The number of imidazole rings is 1. The molecule has 0 aromatic carbocycles. The van der Waals surface area contributed by atoms with Gasteiger partial charge in [0.05, 0.1) is 24.9 Å². The maximum atomic E-state index is 12.9. The predicted octanol–water partition coefficient (Wildman–Crippen LogP) is -3.46. The van der Waals surface area contributed by atoms with Crippen molar-refractivity contribution in [1.82, 2.24) is 25.9 Å². The van der Waals surface area contributed by atoms with E-state index in [2.05, 4.69) is 20.6 Å². The molecule has 1 aromatic rings. The Bertz CT molecular complexity index is 919. The fourth-order valence-electron chi connectivity index (χ4n) is 2.81. The van der Waals surface area contributed by atoms with E-state index in [1.165, 1.54) is 12.5 Å². The Labute approximate surface area is 198 Å². The number of carboxylic acid groups (broad SMARTS) is 3. The molecule has 1 heterocycles. The van der Waals surface area contributed by atoms with Crippen LogP contribution in [0.15, 0.2) is 12.5 Å². The van der Waals surface area contributed by atoms with E-state index in [0.29, 0.717) is 5.69 Å². The van der Waals surface area contributed by atoms with E-state index >= 15 is 0 Å². The number of amides is 3. The molecule has 5 unspecified atom stereocenters. The molecule has 3 amide bonds. The molecule has 0 saturated carbocycles. The van der Waals surface area contributed by atoms with Gasteiger partial charge in [-0.25, -0.2) is 9.78 Å². The molecule has 1 rings (SSSR count). The van der Waals surface area contributed by atoms with Crippen LogP contribution >= 0.6 is 0 Å². The van der Waals surface area contributed by atoms with Gasteiger partial charge in [0.25, 0.3) is 0 Å². The SMILES string of the molecule is CC(O)C(NC(=O)C(Cc1cnc[nH]1)NC(=O)C(N)CCC(=O)O)C(=O)NC(CC(=O)O)C(=O)O. The number of hydrogen-bond donors (Lipinski definition) is 9. The average Bonchev–Trinajstić information content (AvgIpc) is 3.26. The smallest absolute Gasteiger partial charge is 0.326 e. The lowest BCUT2D eigenvalue weighted by atomic mass is 10.1. The normalized spacial score (nSPS) is 15.1. The summed E-state index contributed by atoms with van der Waals surface area (Å²) in [5.74, 6) is -7.31. The van der Waals surface area contributed by atoms with E-state index in [9.17, 15) is 33.9 Å². The lowest BCUT2D eigenvalue weighted by molar-refractivity contribution is -0.148. The maximum absolute atomic E-state index is 12.9. The number of aromatic nitrogens is 2. The van der Waals surface area contributed by atoms with Gasteiger partial charge in [-0.1, -0.05) is 0 Å². The Kier molecular flexibility index (Phi) is 11.3. The quantitative estimate of drug-likeness (QED) is 0.114. The second kappa shape index (κ2) is 13.6. The average molecular weight is 500 g/mol. The van der Waals surface area contributed by atoms with Crippen molar-refractivity contribution in [2.24, 2.45) is 5.73 Å². The zero-order valence-corrected chi connectivity index (χ0v) is 18.6. The van der Waals surface area contributed by atoms with Crippen molar-refractivity contribution in [2.75, 3.05) is 0 Å². The first kappa shape index (κ1) is 29.0. The van der Waals surface area contributed by atoms with Crippen molar-refractivity contribution in [2.45, 2.75) is 62.9 Å². The number of carboxylic acids is 3. The van der Waals surface area contributed by atoms with Crippen LogP contribution in [-0.2, 0) is 35.2 Å². The summed E-state index contributed by atoms with van der Waals surface area (Å²) in [4.78, 5) is 77.1. The molecule has 0 bridgehead atoms. The summed E-state index contributed by atoms with van der Waals surface area (Å²) in [5, 5.41) is 43.1. The first-order chi connectivity index (χ1) is 16.3. The standard InChI is InChI=1S/C19H28N6O10/c1-8(26)15(18(33)24-12(19(34)35)5-14(29)30)25-17(32)11(4-9-6-21-7-22-9)23-16(31)10(20)2-3-13(27)28/h6-8,10-12,15,26H,2-5,20H2,1H3,(H,21,22)(H,23,31)(H,24,33)(H,25,32)(H,27,28)(H,29,30)(H,34,35). The first-order valence-electron chi connectivity index (χ1n) is 10.3. The van der Waals surface area contributed by atoms with Crippen LogP contribution in [0.2, 0.25) is 0 Å². The van der Waals surface area contributed by atoms with Crippen molar-refractivity contribution in [3.8, 4) is 0 Å². The Morgan fingerprint density at radius 3 is 2.09 bits per heavy atom. The molecule has 0 aliphatic heterocycles. The minimum Gasteiger partial charge on any atom is -0.481 e. The highest BCUT2D eigenvalue weighted by Gasteiger charge is 2.33. The minimum absolute atomic E-state index is 0.159. The van der Waals surface area contributed by atoms with Gasteiger partial charge in [-0.3, -0.25) is 24.0 Å². The van der Waals surface area contributed by atoms with Gasteiger partial charge in [-0.2, -0.15) is 0 Å². The summed E-state index contributed by atoms with van der Waals surface area (Å²) in [7, 11) is 0. The Hall–Kier alpha value is -4.05. The molecule has 0 spiro atoms. The molecule has 0 radical (unpaired) electrons. The zero-order valence-electron chi connectivity index (χ0n) is 18.6. The molecular formula is C19H28N6O10. The predicted molar refractivity (Wildman–Crippen MR) is 114 cm³/mol. The van der Waals surface area contributed by atoms with Crippen molar-refractivity contribution in [3.05, 3.63) is 18.2 Å². The van der Waals surface area contributed by atoms with Crippen molar-refractivity contribution in [3.63, 3.8) is 0 Å². The summed E-state index contributed by atoms with van der Waals surface area (Å²) in [6.45, 7) is 1.13. The summed E-state index contributed by atoms with van der Waals surface area (Å²) in [6.07, 6.45) is -0.581. The van der Waals surface area contributed by atoms with E-state index in [1.54, 1.807) is 0 Å². The molecule has 0 aliphatic rings. The lowest BCUT2D eigenvalue weighted by Crippen LogP contribution is -2.60. The van der Waals surface area contributed by atoms with Crippen LogP contribution in [0.25, 0.3) is 0 Å². The van der Waals surface area contributed by atoms with Crippen molar-refractivity contribution in [1.29, 1.82) is 0 Å². The van der Waals surface area contributed by atoms with Gasteiger partial charge < -0.3 is 47.1 Å². The van der Waals surface area contributed by atoms with Crippen molar-refractivity contribution < 1.29 is 49.2 Å². The second-order valence-electron chi connectivity index (χ2n) is 7.61. The second-order valence-corrected chi connectivity index (χ2v) is 7.61. The van der Waals surface area contributed by atoms with Gasteiger partial charge in [0, 0.05) is 24.7 Å². The van der Waals surface area contributed by atoms with Crippen molar-refractivity contribution >= 4 is 35.6 Å². The summed E-state index contributed by atoms with van der Waals surface area (Å²) < 4.78 is 0. The molecule has 5 atom stereocenters. The largest absolute Gasteiger partial charge is 0.481 e. The minimum atomic E-state index is -1.83. The lowest BCUT2D eigenvalue weighted by Gasteiger charge is -2.26. The number of nitrogens with one attached hydrogen (secondary N) is 4.